The van der Waals surface area contributed by atoms with Gasteiger partial charge < -0.3 is 9.80 Å². The Balaban J connectivity index is 1.41. The third-order valence-electron chi connectivity index (χ3n) is 4.48. The molecule has 4 rings (SSSR count). The maximum absolute atomic E-state index is 12.7. The van der Waals surface area contributed by atoms with Gasteiger partial charge in [-0.3, -0.25) is 9.36 Å². The van der Waals surface area contributed by atoms with E-state index in [1.807, 2.05) is 40.8 Å². The largest absolute Gasteiger partial charge is 0.353 e. The quantitative estimate of drug-likeness (QED) is 0.710. The zero-order chi connectivity index (χ0) is 17.9. The van der Waals surface area contributed by atoms with Crippen molar-refractivity contribution in [2.75, 3.05) is 31.1 Å². The van der Waals surface area contributed by atoms with Crippen LogP contribution in [0.5, 0.6) is 0 Å². The second kappa shape index (κ2) is 6.91. The Labute approximate surface area is 151 Å². The van der Waals surface area contributed by atoms with Crippen LogP contribution >= 0.6 is 0 Å². The van der Waals surface area contributed by atoms with Gasteiger partial charge in [-0.1, -0.05) is 6.07 Å². The molecule has 26 heavy (non-hydrogen) atoms. The average molecular weight is 349 g/mol. The molecule has 132 valence electrons. The second-order valence-electron chi connectivity index (χ2n) is 6.09. The summed E-state index contributed by atoms with van der Waals surface area (Å²) in [5.74, 6) is 2.33. The molecule has 1 amide bonds. The number of aromatic nitrogens is 5. The first-order chi connectivity index (χ1) is 12.7. The minimum absolute atomic E-state index is 0.0907. The molecular weight excluding hydrogens is 330 g/mol. The van der Waals surface area contributed by atoms with Gasteiger partial charge >= 0.3 is 0 Å². The van der Waals surface area contributed by atoms with Gasteiger partial charge in [0.2, 0.25) is 0 Å². The van der Waals surface area contributed by atoms with E-state index < -0.39 is 0 Å². The highest BCUT2D eigenvalue weighted by Gasteiger charge is 2.23. The van der Waals surface area contributed by atoms with Gasteiger partial charge in [-0.2, -0.15) is 0 Å². The predicted octanol–water partition coefficient (Wildman–Crippen LogP) is 1.33. The molecule has 0 bridgehead atoms. The number of amides is 1. The normalized spacial score (nSPS) is 14.5. The van der Waals surface area contributed by atoms with E-state index in [0.29, 0.717) is 24.6 Å². The molecule has 0 unspecified atom stereocenters. The monoisotopic (exact) mass is 349 g/mol. The van der Waals surface area contributed by atoms with Crippen LogP contribution in [0.1, 0.15) is 16.3 Å². The molecule has 0 aromatic carbocycles. The zero-order valence-corrected chi connectivity index (χ0v) is 14.5. The molecule has 8 nitrogen and oxygen atoms in total. The summed E-state index contributed by atoms with van der Waals surface area (Å²) in [6.07, 6.45) is 5.31. The van der Waals surface area contributed by atoms with E-state index in [4.69, 9.17) is 0 Å². The maximum atomic E-state index is 12.7. The SMILES string of the molecule is Cc1nccn1-c1ccc(C(=O)N2CCN(c3ccccn3)CC2)nn1. The summed E-state index contributed by atoms with van der Waals surface area (Å²) >= 11 is 0. The number of carbonyl (C=O) groups excluding carboxylic acids is 1. The topological polar surface area (TPSA) is 80.0 Å². The number of rotatable bonds is 3. The van der Waals surface area contributed by atoms with Crippen molar-refractivity contribution in [1.29, 1.82) is 0 Å². The minimum Gasteiger partial charge on any atom is -0.353 e. The third-order valence-corrected chi connectivity index (χ3v) is 4.48. The molecule has 4 heterocycles. The van der Waals surface area contributed by atoms with E-state index >= 15 is 0 Å². The van der Waals surface area contributed by atoms with Crippen LogP contribution in [0.3, 0.4) is 0 Å². The first-order valence-corrected chi connectivity index (χ1v) is 8.52. The molecule has 0 N–H and O–H groups in total. The van der Waals surface area contributed by atoms with Crippen LogP contribution in [-0.2, 0) is 0 Å². The lowest BCUT2D eigenvalue weighted by Crippen LogP contribution is -2.49. The number of piperazine rings is 1. The number of imidazole rings is 1. The molecule has 3 aromatic rings. The van der Waals surface area contributed by atoms with Gasteiger partial charge in [-0.15, -0.1) is 10.2 Å². The first kappa shape index (κ1) is 16.2. The van der Waals surface area contributed by atoms with Crippen molar-refractivity contribution in [2.24, 2.45) is 0 Å². The number of carbonyl (C=O) groups is 1. The fourth-order valence-corrected chi connectivity index (χ4v) is 3.03. The van der Waals surface area contributed by atoms with E-state index in [1.54, 1.807) is 24.5 Å². The number of aryl methyl sites for hydroxylation is 1. The standard InChI is InChI=1S/C18H19N7O/c1-14-19-8-9-25(14)17-6-5-15(21-22-17)18(26)24-12-10-23(11-13-24)16-4-2-3-7-20-16/h2-9H,10-13H2,1H3. The molecule has 0 radical (unpaired) electrons. The third kappa shape index (κ3) is 3.13. The summed E-state index contributed by atoms with van der Waals surface area (Å²) in [5, 5.41) is 8.28. The van der Waals surface area contributed by atoms with Crippen molar-refractivity contribution >= 4 is 11.7 Å². The smallest absolute Gasteiger partial charge is 0.274 e. The van der Waals surface area contributed by atoms with Crippen molar-refractivity contribution in [2.45, 2.75) is 6.92 Å². The Kier molecular flexibility index (Phi) is 4.30. The van der Waals surface area contributed by atoms with Crippen LogP contribution in [0.25, 0.3) is 5.82 Å². The lowest BCUT2D eigenvalue weighted by atomic mass is 10.2. The molecule has 3 aromatic heterocycles. The molecule has 1 fully saturated rings. The molecule has 0 aliphatic carbocycles. The first-order valence-electron chi connectivity index (χ1n) is 8.52. The van der Waals surface area contributed by atoms with Crippen LogP contribution in [-0.4, -0.2) is 61.7 Å². The molecule has 0 saturated carbocycles. The lowest BCUT2D eigenvalue weighted by molar-refractivity contribution is 0.0739. The summed E-state index contributed by atoms with van der Waals surface area (Å²) in [6, 6.07) is 9.37. The summed E-state index contributed by atoms with van der Waals surface area (Å²) in [7, 11) is 0. The van der Waals surface area contributed by atoms with Crippen LogP contribution < -0.4 is 4.90 Å². The van der Waals surface area contributed by atoms with E-state index in [0.717, 1.165) is 24.7 Å². The van der Waals surface area contributed by atoms with Gasteiger partial charge in [-0.25, -0.2) is 9.97 Å². The highest BCUT2D eigenvalue weighted by atomic mass is 16.2. The fourth-order valence-electron chi connectivity index (χ4n) is 3.03. The van der Waals surface area contributed by atoms with Gasteiger partial charge in [0.15, 0.2) is 11.5 Å². The maximum Gasteiger partial charge on any atom is 0.274 e. The Morgan fingerprint density at radius 2 is 1.77 bits per heavy atom. The molecule has 1 saturated heterocycles. The molecular formula is C18H19N7O. The van der Waals surface area contributed by atoms with Crippen LogP contribution in [0.2, 0.25) is 0 Å². The zero-order valence-electron chi connectivity index (χ0n) is 14.5. The van der Waals surface area contributed by atoms with Gasteiger partial charge in [0.25, 0.3) is 5.91 Å². The molecule has 1 aliphatic heterocycles. The Bertz CT molecular complexity index is 883. The molecule has 8 heteroatoms. The van der Waals surface area contributed by atoms with E-state index in [9.17, 15) is 4.79 Å². The van der Waals surface area contributed by atoms with Gasteiger partial charge in [0.05, 0.1) is 0 Å². The highest BCUT2D eigenvalue weighted by molar-refractivity contribution is 5.92. The second-order valence-corrected chi connectivity index (χ2v) is 6.09. The van der Waals surface area contributed by atoms with Gasteiger partial charge in [-0.05, 0) is 31.2 Å². The number of hydrogen-bond acceptors (Lipinski definition) is 6. The van der Waals surface area contributed by atoms with Crippen molar-refractivity contribution < 1.29 is 4.79 Å². The van der Waals surface area contributed by atoms with Gasteiger partial charge in [0, 0.05) is 44.8 Å². The summed E-state index contributed by atoms with van der Waals surface area (Å²) < 4.78 is 1.83. The highest BCUT2D eigenvalue weighted by Crippen LogP contribution is 2.14. The summed E-state index contributed by atoms with van der Waals surface area (Å²) in [4.78, 5) is 25.2. The van der Waals surface area contributed by atoms with E-state index in [-0.39, 0.29) is 5.91 Å². The van der Waals surface area contributed by atoms with Crippen molar-refractivity contribution in [3.05, 3.63) is 60.4 Å². The van der Waals surface area contributed by atoms with E-state index in [1.165, 1.54) is 0 Å². The Hall–Kier alpha value is -3.29. The molecule has 0 spiro atoms. The van der Waals surface area contributed by atoms with Crippen molar-refractivity contribution in [3.8, 4) is 5.82 Å². The van der Waals surface area contributed by atoms with Crippen molar-refractivity contribution in [1.82, 2.24) is 29.6 Å². The van der Waals surface area contributed by atoms with Crippen LogP contribution in [0, 0.1) is 6.92 Å². The van der Waals surface area contributed by atoms with Crippen LogP contribution in [0.15, 0.2) is 48.9 Å². The number of hydrogen-bond donors (Lipinski definition) is 0. The average Bonchev–Trinajstić information content (AvgIpc) is 3.14. The lowest BCUT2D eigenvalue weighted by Gasteiger charge is -2.35. The Morgan fingerprint density at radius 1 is 0.923 bits per heavy atom. The van der Waals surface area contributed by atoms with E-state index in [2.05, 4.69) is 25.1 Å². The summed E-state index contributed by atoms with van der Waals surface area (Å²) in [5.41, 5.74) is 0.359. The van der Waals surface area contributed by atoms with Crippen molar-refractivity contribution in [3.63, 3.8) is 0 Å². The molecule has 1 aliphatic rings. The minimum atomic E-state index is -0.0907. The number of nitrogens with zero attached hydrogens (tertiary/aromatic N) is 7. The summed E-state index contributed by atoms with van der Waals surface area (Å²) in [6.45, 7) is 4.67. The molecule has 0 atom stereocenters. The Morgan fingerprint density at radius 3 is 2.38 bits per heavy atom. The van der Waals surface area contributed by atoms with Crippen LogP contribution in [0.4, 0.5) is 5.82 Å². The fraction of sp³-hybridized carbons (Fsp3) is 0.278. The number of anilines is 1. The predicted molar refractivity (Wildman–Crippen MR) is 96.2 cm³/mol. The van der Waals surface area contributed by atoms with Gasteiger partial charge in [0.1, 0.15) is 11.6 Å². The number of pyridine rings is 1.